The third-order valence-electron chi connectivity index (χ3n) is 2.35. The molecular formula is C10H13Cl2NOS. The van der Waals surface area contributed by atoms with Crippen LogP contribution >= 0.6 is 34.5 Å². The molecule has 0 aliphatic heterocycles. The molecule has 0 aliphatic rings. The van der Waals surface area contributed by atoms with Gasteiger partial charge in [-0.2, -0.15) is 11.3 Å². The van der Waals surface area contributed by atoms with Crippen molar-refractivity contribution in [3.63, 3.8) is 0 Å². The molecule has 1 heterocycles. The van der Waals surface area contributed by atoms with E-state index in [0.717, 1.165) is 6.42 Å². The highest BCUT2D eigenvalue weighted by Crippen LogP contribution is 2.16. The standard InChI is InChI=1S/C10H13Cl2NOS/c1-2-10(6-11,7-12)13-9(14)8-3-4-15-5-8/h3-5H,2,6-7H2,1H3,(H,13,14). The lowest BCUT2D eigenvalue weighted by Crippen LogP contribution is -2.51. The minimum absolute atomic E-state index is 0.112. The summed E-state index contributed by atoms with van der Waals surface area (Å²) < 4.78 is 0. The van der Waals surface area contributed by atoms with E-state index in [-0.39, 0.29) is 5.91 Å². The van der Waals surface area contributed by atoms with E-state index in [4.69, 9.17) is 23.2 Å². The van der Waals surface area contributed by atoms with E-state index in [1.54, 1.807) is 11.4 Å². The van der Waals surface area contributed by atoms with Crippen molar-refractivity contribution in [3.05, 3.63) is 22.4 Å². The van der Waals surface area contributed by atoms with Crippen LogP contribution in [0.3, 0.4) is 0 Å². The van der Waals surface area contributed by atoms with Crippen LogP contribution in [0.1, 0.15) is 23.7 Å². The van der Waals surface area contributed by atoms with Gasteiger partial charge in [0, 0.05) is 17.1 Å². The summed E-state index contributed by atoms with van der Waals surface area (Å²) in [6.07, 6.45) is 0.718. The molecule has 0 radical (unpaired) electrons. The van der Waals surface area contributed by atoms with E-state index in [1.165, 1.54) is 11.3 Å². The molecule has 0 saturated heterocycles. The van der Waals surface area contributed by atoms with Gasteiger partial charge in [-0.05, 0) is 17.9 Å². The molecule has 0 fully saturated rings. The minimum atomic E-state index is -0.498. The number of thiophene rings is 1. The fourth-order valence-corrected chi connectivity index (χ4v) is 2.52. The average molecular weight is 266 g/mol. The zero-order valence-corrected chi connectivity index (χ0v) is 10.8. The molecule has 0 spiro atoms. The summed E-state index contributed by atoms with van der Waals surface area (Å²) in [6, 6.07) is 1.78. The first-order chi connectivity index (χ1) is 7.17. The topological polar surface area (TPSA) is 29.1 Å². The molecule has 0 atom stereocenters. The Labute approximate surface area is 104 Å². The van der Waals surface area contributed by atoms with Gasteiger partial charge in [0.25, 0.3) is 5.91 Å². The molecule has 15 heavy (non-hydrogen) atoms. The smallest absolute Gasteiger partial charge is 0.252 e. The predicted octanol–water partition coefficient (Wildman–Crippen LogP) is 3.10. The van der Waals surface area contributed by atoms with E-state index < -0.39 is 5.54 Å². The molecule has 0 aromatic carbocycles. The molecule has 2 nitrogen and oxygen atoms in total. The zero-order chi connectivity index (χ0) is 11.3. The Bertz CT molecular complexity index is 301. The summed E-state index contributed by atoms with van der Waals surface area (Å²) in [5.41, 5.74) is 0.162. The molecule has 0 aliphatic carbocycles. The number of rotatable bonds is 5. The summed E-state index contributed by atoms with van der Waals surface area (Å²) in [6.45, 7) is 1.96. The molecular weight excluding hydrogens is 253 g/mol. The van der Waals surface area contributed by atoms with Gasteiger partial charge in [0.1, 0.15) is 0 Å². The van der Waals surface area contributed by atoms with Gasteiger partial charge in [0.2, 0.25) is 0 Å². The summed E-state index contributed by atoms with van der Waals surface area (Å²) in [5.74, 6) is 0.533. The average Bonchev–Trinajstić information content (AvgIpc) is 2.79. The van der Waals surface area contributed by atoms with E-state index in [0.29, 0.717) is 17.3 Å². The van der Waals surface area contributed by atoms with Crippen LogP contribution in [0, 0.1) is 0 Å². The fourth-order valence-electron chi connectivity index (χ4n) is 1.09. The van der Waals surface area contributed by atoms with Crippen LogP contribution < -0.4 is 5.32 Å². The highest BCUT2D eigenvalue weighted by Gasteiger charge is 2.28. The Kier molecular flexibility index (Phi) is 4.90. The minimum Gasteiger partial charge on any atom is -0.344 e. The second-order valence-electron chi connectivity index (χ2n) is 3.37. The number of halogens is 2. The molecule has 1 rings (SSSR count). The second kappa shape index (κ2) is 5.73. The maximum absolute atomic E-state index is 11.8. The second-order valence-corrected chi connectivity index (χ2v) is 4.68. The van der Waals surface area contributed by atoms with Crippen LogP contribution in [0.5, 0.6) is 0 Å². The van der Waals surface area contributed by atoms with Crippen molar-refractivity contribution in [2.24, 2.45) is 0 Å². The molecule has 5 heteroatoms. The lowest BCUT2D eigenvalue weighted by Gasteiger charge is -2.29. The summed E-state index contributed by atoms with van der Waals surface area (Å²) in [4.78, 5) is 11.8. The third-order valence-corrected chi connectivity index (χ3v) is 4.06. The third kappa shape index (κ3) is 3.10. The number of carbonyl (C=O) groups is 1. The monoisotopic (exact) mass is 265 g/mol. The van der Waals surface area contributed by atoms with Gasteiger partial charge in [-0.25, -0.2) is 0 Å². The van der Waals surface area contributed by atoms with Crippen molar-refractivity contribution in [1.82, 2.24) is 5.32 Å². The molecule has 1 aromatic heterocycles. The predicted molar refractivity (Wildman–Crippen MR) is 66.2 cm³/mol. The largest absolute Gasteiger partial charge is 0.344 e. The Morgan fingerprint density at radius 2 is 2.20 bits per heavy atom. The molecule has 1 N–H and O–H groups in total. The van der Waals surface area contributed by atoms with Crippen molar-refractivity contribution in [2.45, 2.75) is 18.9 Å². The van der Waals surface area contributed by atoms with Crippen molar-refractivity contribution < 1.29 is 4.79 Å². The van der Waals surface area contributed by atoms with E-state index in [9.17, 15) is 4.79 Å². The van der Waals surface area contributed by atoms with Crippen molar-refractivity contribution in [1.29, 1.82) is 0 Å². The van der Waals surface area contributed by atoms with Gasteiger partial charge in [-0.1, -0.05) is 6.92 Å². The first-order valence-electron chi connectivity index (χ1n) is 4.64. The molecule has 1 amide bonds. The maximum Gasteiger partial charge on any atom is 0.252 e. The number of hydrogen-bond donors (Lipinski definition) is 1. The van der Waals surface area contributed by atoms with Crippen molar-refractivity contribution >= 4 is 40.4 Å². The Hall–Kier alpha value is -0.250. The number of alkyl halides is 2. The van der Waals surface area contributed by atoms with E-state index >= 15 is 0 Å². The number of nitrogens with one attached hydrogen (secondary N) is 1. The zero-order valence-electron chi connectivity index (χ0n) is 8.43. The SMILES string of the molecule is CCC(CCl)(CCl)NC(=O)c1ccsc1. The first-order valence-corrected chi connectivity index (χ1v) is 6.65. The summed E-state index contributed by atoms with van der Waals surface area (Å²) >= 11 is 13.2. The molecule has 84 valence electrons. The van der Waals surface area contributed by atoms with Gasteiger partial charge < -0.3 is 5.32 Å². The number of amides is 1. The van der Waals surface area contributed by atoms with Gasteiger partial charge in [-0.15, -0.1) is 23.2 Å². The van der Waals surface area contributed by atoms with Gasteiger partial charge in [-0.3, -0.25) is 4.79 Å². The normalized spacial score (nSPS) is 11.4. The van der Waals surface area contributed by atoms with Gasteiger partial charge in [0.05, 0.1) is 11.1 Å². The molecule has 0 bridgehead atoms. The Balaban J connectivity index is 2.71. The molecule has 0 saturated carbocycles. The maximum atomic E-state index is 11.8. The van der Waals surface area contributed by atoms with Crippen LogP contribution in [0.4, 0.5) is 0 Å². The highest BCUT2D eigenvalue weighted by molar-refractivity contribution is 7.08. The van der Waals surface area contributed by atoms with E-state index in [1.807, 2.05) is 12.3 Å². The van der Waals surface area contributed by atoms with Crippen LogP contribution in [0.15, 0.2) is 16.8 Å². The van der Waals surface area contributed by atoms with Crippen LogP contribution in [0.2, 0.25) is 0 Å². The van der Waals surface area contributed by atoms with Gasteiger partial charge >= 0.3 is 0 Å². The lowest BCUT2D eigenvalue weighted by atomic mass is 10.0. The molecule has 1 aromatic rings. The van der Waals surface area contributed by atoms with Crippen molar-refractivity contribution in [3.8, 4) is 0 Å². The highest BCUT2D eigenvalue weighted by atomic mass is 35.5. The molecule has 0 unspecified atom stereocenters. The summed E-state index contributed by atoms with van der Waals surface area (Å²) in [5, 5.41) is 6.55. The van der Waals surface area contributed by atoms with Crippen LogP contribution in [-0.2, 0) is 0 Å². The fraction of sp³-hybridized carbons (Fsp3) is 0.500. The van der Waals surface area contributed by atoms with Crippen molar-refractivity contribution in [2.75, 3.05) is 11.8 Å². The van der Waals surface area contributed by atoms with Crippen LogP contribution in [-0.4, -0.2) is 23.2 Å². The number of hydrogen-bond acceptors (Lipinski definition) is 2. The lowest BCUT2D eigenvalue weighted by molar-refractivity contribution is 0.0914. The van der Waals surface area contributed by atoms with Crippen LogP contribution in [0.25, 0.3) is 0 Å². The van der Waals surface area contributed by atoms with Gasteiger partial charge in [0.15, 0.2) is 0 Å². The number of carbonyl (C=O) groups excluding carboxylic acids is 1. The Morgan fingerprint density at radius 3 is 2.60 bits per heavy atom. The first kappa shape index (κ1) is 12.8. The Morgan fingerprint density at radius 1 is 1.53 bits per heavy atom. The quantitative estimate of drug-likeness (QED) is 0.815. The van der Waals surface area contributed by atoms with E-state index in [2.05, 4.69) is 5.32 Å². The summed E-state index contributed by atoms with van der Waals surface area (Å²) in [7, 11) is 0.